The highest BCUT2D eigenvalue weighted by molar-refractivity contribution is 6.42. The molecule has 1 N–H and O–H groups in total. The lowest BCUT2D eigenvalue weighted by Gasteiger charge is -2.15. The molecule has 0 spiro atoms. The first kappa shape index (κ1) is 15.1. The van der Waals surface area contributed by atoms with Crippen LogP contribution < -0.4 is 5.32 Å². The highest BCUT2D eigenvalue weighted by atomic mass is 35.5. The van der Waals surface area contributed by atoms with Gasteiger partial charge in [-0.05, 0) is 30.5 Å². The summed E-state index contributed by atoms with van der Waals surface area (Å²) in [6.07, 6.45) is 3.13. The van der Waals surface area contributed by atoms with Crippen LogP contribution in [-0.2, 0) is 4.79 Å². The second-order valence-corrected chi connectivity index (χ2v) is 5.30. The van der Waals surface area contributed by atoms with Crippen molar-refractivity contribution in [2.45, 2.75) is 26.8 Å². The third-order valence-corrected chi connectivity index (χ3v) is 3.60. The fraction of sp³-hybridized carbons (Fsp3) is 0.357. The van der Waals surface area contributed by atoms with Crippen molar-refractivity contribution < 1.29 is 4.79 Å². The molecular weight excluding hydrogens is 269 g/mol. The van der Waals surface area contributed by atoms with Crippen LogP contribution in [0.2, 0.25) is 10.0 Å². The molecule has 0 aliphatic carbocycles. The van der Waals surface area contributed by atoms with E-state index in [1.54, 1.807) is 18.2 Å². The molecule has 98 valence electrons. The van der Waals surface area contributed by atoms with E-state index >= 15 is 0 Å². The van der Waals surface area contributed by atoms with Crippen LogP contribution in [-0.4, -0.2) is 11.9 Å². The molecule has 0 bridgehead atoms. The van der Waals surface area contributed by atoms with Crippen LogP contribution >= 0.6 is 23.2 Å². The van der Waals surface area contributed by atoms with Crippen molar-refractivity contribution in [3.8, 4) is 0 Å². The molecule has 0 aromatic heterocycles. The molecule has 1 aromatic carbocycles. The topological polar surface area (TPSA) is 29.1 Å². The molecule has 1 amide bonds. The van der Waals surface area contributed by atoms with E-state index in [1.165, 1.54) is 6.08 Å². The van der Waals surface area contributed by atoms with Gasteiger partial charge in [0, 0.05) is 12.1 Å². The Morgan fingerprint density at radius 2 is 1.94 bits per heavy atom. The standard InChI is InChI=1S/C14H17Cl2NO/c1-9(2)10(3)17-13(18)8-7-11-5-4-6-12(15)14(11)16/h4-10H,1-3H3,(H,17,18)/b8-7+. The largest absolute Gasteiger partial charge is 0.350 e. The summed E-state index contributed by atoms with van der Waals surface area (Å²) in [6.45, 7) is 6.09. The van der Waals surface area contributed by atoms with Crippen molar-refractivity contribution in [1.82, 2.24) is 5.32 Å². The normalized spacial score (nSPS) is 13.0. The van der Waals surface area contributed by atoms with Crippen LogP contribution in [0.4, 0.5) is 0 Å². The lowest BCUT2D eigenvalue weighted by Crippen LogP contribution is -2.34. The molecule has 1 aromatic rings. The molecule has 18 heavy (non-hydrogen) atoms. The maximum Gasteiger partial charge on any atom is 0.244 e. The second-order valence-electron chi connectivity index (χ2n) is 4.52. The number of benzene rings is 1. The van der Waals surface area contributed by atoms with E-state index < -0.39 is 0 Å². The van der Waals surface area contributed by atoms with E-state index in [-0.39, 0.29) is 11.9 Å². The zero-order chi connectivity index (χ0) is 13.7. The number of carbonyl (C=O) groups excluding carboxylic acids is 1. The van der Waals surface area contributed by atoms with Gasteiger partial charge in [-0.1, -0.05) is 49.2 Å². The van der Waals surface area contributed by atoms with Gasteiger partial charge in [0.25, 0.3) is 0 Å². The van der Waals surface area contributed by atoms with E-state index in [9.17, 15) is 4.79 Å². The van der Waals surface area contributed by atoms with Gasteiger partial charge in [0.05, 0.1) is 10.0 Å². The van der Waals surface area contributed by atoms with Crippen molar-refractivity contribution in [2.24, 2.45) is 5.92 Å². The number of halogens is 2. The highest BCUT2D eigenvalue weighted by Gasteiger charge is 2.08. The van der Waals surface area contributed by atoms with Gasteiger partial charge < -0.3 is 5.32 Å². The van der Waals surface area contributed by atoms with Gasteiger partial charge >= 0.3 is 0 Å². The summed E-state index contributed by atoms with van der Waals surface area (Å²) in [7, 11) is 0. The van der Waals surface area contributed by atoms with E-state index in [1.807, 2.05) is 13.0 Å². The smallest absolute Gasteiger partial charge is 0.244 e. The van der Waals surface area contributed by atoms with E-state index in [0.29, 0.717) is 16.0 Å². The number of hydrogen-bond donors (Lipinski definition) is 1. The van der Waals surface area contributed by atoms with Crippen LogP contribution in [0.1, 0.15) is 26.3 Å². The molecule has 0 fully saturated rings. The number of nitrogens with one attached hydrogen (secondary N) is 1. The molecular formula is C14H17Cl2NO. The third-order valence-electron chi connectivity index (χ3n) is 2.77. The Kier molecular flexibility index (Phi) is 5.70. The summed E-state index contributed by atoms with van der Waals surface area (Å²) in [5.41, 5.74) is 0.733. The molecule has 1 rings (SSSR count). The lowest BCUT2D eigenvalue weighted by molar-refractivity contribution is -0.117. The van der Waals surface area contributed by atoms with Crippen LogP contribution in [0.3, 0.4) is 0 Å². The molecule has 0 heterocycles. The number of amides is 1. The van der Waals surface area contributed by atoms with Gasteiger partial charge in [0.15, 0.2) is 0 Å². The second kappa shape index (κ2) is 6.81. The Morgan fingerprint density at radius 1 is 1.28 bits per heavy atom. The molecule has 0 aliphatic heterocycles. The van der Waals surface area contributed by atoms with Crippen LogP contribution in [0.25, 0.3) is 6.08 Å². The number of rotatable bonds is 4. The number of carbonyl (C=O) groups is 1. The Balaban J connectivity index is 2.69. The predicted molar refractivity (Wildman–Crippen MR) is 77.9 cm³/mol. The molecule has 0 saturated carbocycles. The summed E-state index contributed by atoms with van der Waals surface area (Å²) >= 11 is 11.9. The summed E-state index contributed by atoms with van der Waals surface area (Å²) < 4.78 is 0. The van der Waals surface area contributed by atoms with Gasteiger partial charge in [0.2, 0.25) is 5.91 Å². The summed E-state index contributed by atoms with van der Waals surface area (Å²) in [4.78, 5) is 11.7. The van der Waals surface area contributed by atoms with Gasteiger partial charge in [-0.2, -0.15) is 0 Å². The van der Waals surface area contributed by atoms with Crippen molar-refractivity contribution in [3.63, 3.8) is 0 Å². The molecule has 4 heteroatoms. The lowest BCUT2D eigenvalue weighted by atomic mass is 10.1. The summed E-state index contributed by atoms with van der Waals surface area (Å²) in [5.74, 6) is 0.268. The highest BCUT2D eigenvalue weighted by Crippen LogP contribution is 2.26. The fourth-order valence-electron chi connectivity index (χ4n) is 1.25. The first-order valence-electron chi connectivity index (χ1n) is 5.84. The molecule has 2 nitrogen and oxygen atoms in total. The fourth-order valence-corrected chi connectivity index (χ4v) is 1.62. The van der Waals surface area contributed by atoms with Crippen molar-refractivity contribution >= 4 is 35.2 Å². The van der Waals surface area contributed by atoms with Gasteiger partial charge in [-0.3, -0.25) is 4.79 Å². The van der Waals surface area contributed by atoms with E-state index in [0.717, 1.165) is 5.56 Å². The first-order valence-corrected chi connectivity index (χ1v) is 6.60. The Hall–Kier alpha value is -0.990. The van der Waals surface area contributed by atoms with Crippen molar-refractivity contribution in [2.75, 3.05) is 0 Å². The zero-order valence-electron chi connectivity index (χ0n) is 10.7. The Morgan fingerprint density at radius 3 is 2.56 bits per heavy atom. The minimum atomic E-state index is -0.132. The van der Waals surface area contributed by atoms with Crippen LogP contribution in [0.15, 0.2) is 24.3 Å². The summed E-state index contributed by atoms with van der Waals surface area (Å²) in [5, 5.41) is 3.82. The van der Waals surface area contributed by atoms with Crippen LogP contribution in [0.5, 0.6) is 0 Å². The molecule has 1 unspecified atom stereocenters. The minimum Gasteiger partial charge on any atom is -0.350 e. The zero-order valence-corrected chi connectivity index (χ0v) is 12.2. The Labute approximate surface area is 118 Å². The van der Waals surface area contributed by atoms with Crippen molar-refractivity contribution in [3.05, 3.63) is 39.9 Å². The third kappa shape index (κ3) is 4.35. The van der Waals surface area contributed by atoms with Gasteiger partial charge in [-0.15, -0.1) is 0 Å². The molecule has 1 atom stereocenters. The SMILES string of the molecule is CC(C)C(C)NC(=O)/C=C/c1cccc(Cl)c1Cl. The molecule has 0 saturated heterocycles. The minimum absolute atomic E-state index is 0.132. The quantitative estimate of drug-likeness (QED) is 0.827. The van der Waals surface area contributed by atoms with E-state index in [4.69, 9.17) is 23.2 Å². The van der Waals surface area contributed by atoms with Crippen molar-refractivity contribution in [1.29, 1.82) is 0 Å². The van der Waals surface area contributed by atoms with Gasteiger partial charge in [-0.25, -0.2) is 0 Å². The monoisotopic (exact) mass is 285 g/mol. The number of hydrogen-bond acceptors (Lipinski definition) is 1. The van der Waals surface area contributed by atoms with E-state index in [2.05, 4.69) is 19.2 Å². The molecule has 0 aliphatic rings. The van der Waals surface area contributed by atoms with Gasteiger partial charge in [0.1, 0.15) is 0 Å². The maximum atomic E-state index is 11.7. The predicted octanol–water partition coefficient (Wildman–Crippen LogP) is 4.17. The first-order chi connectivity index (χ1) is 8.41. The Bertz CT molecular complexity index is 455. The average Bonchev–Trinajstić information content (AvgIpc) is 2.31. The average molecular weight is 286 g/mol. The van der Waals surface area contributed by atoms with Crippen LogP contribution in [0, 0.1) is 5.92 Å². The molecule has 0 radical (unpaired) electrons. The summed E-state index contributed by atoms with van der Waals surface area (Å²) in [6, 6.07) is 5.45. The maximum absolute atomic E-state index is 11.7.